The van der Waals surface area contributed by atoms with Crippen molar-refractivity contribution in [3.05, 3.63) is 70.8 Å². The number of likely N-dealkylation sites (tertiary alicyclic amines) is 1. The molecule has 198 valence electrons. The van der Waals surface area contributed by atoms with E-state index in [9.17, 15) is 15.0 Å². The van der Waals surface area contributed by atoms with E-state index in [0.29, 0.717) is 31.6 Å². The minimum Gasteiger partial charge on any atom is -0.504 e. The lowest BCUT2D eigenvalue weighted by Gasteiger charge is -2.65. The van der Waals surface area contributed by atoms with Crippen LogP contribution in [0.4, 0.5) is 0 Å². The number of amides is 1. The molecule has 6 nitrogen and oxygen atoms in total. The first-order chi connectivity index (χ1) is 18.1. The highest BCUT2D eigenvalue weighted by molar-refractivity contribution is 5.94. The van der Waals surface area contributed by atoms with E-state index in [1.807, 2.05) is 37.3 Å². The van der Waals surface area contributed by atoms with Gasteiger partial charge in [0, 0.05) is 36.7 Å². The van der Waals surface area contributed by atoms with Crippen LogP contribution in [0.2, 0.25) is 0 Å². The number of benzene rings is 2. The molecule has 1 spiro atoms. The highest BCUT2D eigenvalue weighted by Gasteiger charge is 2.74. The molecule has 6 heteroatoms. The van der Waals surface area contributed by atoms with E-state index in [2.05, 4.69) is 37.2 Å². The minimum atomic E-state index is -1.05. The van der Waals surface area contributed by atoms with Crippen molar-refractivity contribution in [2.24, 2.45) is 5.92 Å². The van der Waals surface area contributed by atoms with Gasteiger partial charge in [0.15, 0.2) is 11.5 Å². The maximum absolute atomic E-state index is 13.5. The molecule has 38 heavy (non-hydrogen) atoms. The van der Waals surface area contributed by atoms with Crippen LogP contribution in [0.25, 0.3) is 0 Å². The summed E-state index contributed by atoms with van der Waals surface area (Å²) in [5.74, 6) is 6.14. The summed E-state index contributed by atoms with van der Waals surface area (Å²) in [6.45, 7) is 11.6. The summed E-state index contributed by atoms with van der Waals surface area (Å²) in [6.07, 6.45) is 3.33. The van der Waals surface area contributed by atoms with Crippen LogP contribution in [-0.4, -0.2) is 69.8 Å². The number of aliphatic hydroxyl groups is 1. The van der Waals surface area contributed by atoms with Gasteiger partial charge in [0.25, 0.3) is 5.91 Å². The van der Waals surface area contributed by atoms with Crippen molar-refractivity contribution in [1.82, 2.24) is 9.80 Å². The monoisotopic (exact) mass is 512 g/mol. The van der Waals surface area contributed by atoms with E-state index in [0.717, 1.165) is 28.8 Å². The van der Waals surface area contributed by atoms with Crippen molar-refractivity contribution in [3.63, 3.8) is 0 Å². The lowest BCUT2D eigenvalue weighted by Crippen LogP contribution is -2.79. The molecule has 2 heterocycles. The van der Waals surface area contributed by atoms with Gasteiger partial charge in [-0.3, -0.25) is 9.69 Å². The fourth-order valence-corrected chi connectivity index (χ4v) is 8.02. The van der Waals surface area contributed by atoms with E-state index in [-0.39, 0.29) is 29.7 Å². The third-order valence-electron chi connectivity index (χ3n) is 9.85. The molecule has 1 amide bonds. The van der Waals surface area contributed by atoms with E-state index < -0.39 is 17.1 Å². The zero-order chi connectivity index (χ0) is 27.0. The molecular weight excluding hydrogens is 476 g/mol. The molecule has 2 fully saturated rings. The fraction of sp³-hybridized carbons (Fsp3) is 0.469. The van der Waals surface area contributed by atoms with Gasteiger partial charge in [-0.05, 0) is 80.5 Å². The maximum atomic E-state index is 13.5. The number of carbonyl (C=O) groups excluding carboxylic acids is 1. The second kappa shape index (κ2) is 8.62. The van der Waals surface area contributed by atoms with Gasteiger partial charge in [-0.25, -0.2) is 0 Å². The number of phenolic OH excluding ortho intramolecular Hbond substituents is 1. The average Bonchev–Trinajstić information content (AvgIpc) is 3.22. The number of ether oxygens (including phenoxy) is 1. The molecule has 6 atom stereocenters. The van der Waals surface area contributed by atoms with Gasteiger partial charge in [0.05, 0.1) is 17.1 Å². The maximum Gasteiger partial charge on any atom is 0.298 e. The molecule has 2 aliphatic heterocycles. The van der Waals surface area contributed by atoms with Crippen LogP contribution in [0.5, 0.6) is 11.5 Å². The molecule has 1 saturated heterocycles. The molecule has 2 N–H and O–H groups in total. The third kappa shape index (κ3) is 3.25. The summed E-state index contributed by atoms with van der Waals surface area (Å²) in [5, 5.41) is 23.5. The van der Waals surface area contributed by atoms with Gasteiger partial charge < -0.3 is 19.8 Å². The Morgan fingerprint density at radius 3 is 2.82 bits per heavy atom. The number of phenols is 1. The summed E-state index contributed by atoms with van der Waals surface area (Å²) in [5.41, 5.74) is 3.44. The van der Waals surface area contributed by atoms with Gasteiger partial charge in [0.1, 0.15) is 6.10 Å². The van der Waals surface area contributed by atoms with Crippen LogP contribution in [-0.2, 0) is 16.6 Å². The van der Waals surface area contributed by atoms with E-state index in [4.69, 9.17) is 4.74 Å². The van der Waals surface area contributed by atoms with Crippen molar-refractivity contribution < 1.29 is 19.7 Å². The lowest BCUT2D eigenvalue weighted by atomic mass is 9.46. The number of hydrogen-bond acceptors (Lipinski definition) is 5. The molecule has 4 aliphatic rings. The second-order valence-electron chi connectivity index (χ2n) is 11.8. The van der Waals surface area contributed by atoms with Crippen LogP contribution in [0.1, 0.15) is 47.6 Å². The predicted octanol–water partition coefficient (Wildman–Crippen LogP) is 3.47. The average molecular weight is 513 g/mol. The SMILES string of the molecule is C=CCN1CC[C@]23c4c5ccc(O)c4O[C@H]2[C@H](N(C)C(=O)C#Cc2ccc(C)c(C)c2)[C@@H](C)C[C@@]3(O)[C@H]1C5. The first-order valence-corrected chi connectivity index (χ1v) is 13.6. The Kier molecular flexibility index (Phi) is 5.68. The van der Waals surface area contributed by atoms with Crippen molar-refractivity contribution in [2.75, 3.05) is 20.1 Å². The Morgan fingerprint density at radius 2 is 2.08 bits per heavy atom. The molecular formula is C32H36N2O4. The minimum absolute atomic E-state index is 0.0420. The van der Waals surface area contributed by atoms with Crippen molar-refractivity contribution in [3.8, 4) is 23.3 Å². The van der Waals surface area contributed by atoms with Gasteiger partial charge in [0.2, 0.25) is 0 Å². The van der Waals surface area contributed by atoms with Gasteiger partial charge in [-0.15, -0.1) is 6.58 Å². The van der Waals surface area contributed by atoms with E-state index >= 15 is 0 Å². The van der Waals surface area contributed by atoms with Gasteiger partial charge >= 0.3 is 0 Å². The number of carbonyl (C=O) groups is 1. The van der Waals surface area contributed by atoms with Crippen molar-refractivity contribution in [2.45, 2.75) is 69.2 Å². The second-order valence-corrected chi connectivity index (χ2v) is 11.8. The standard InChI is InChI=1S/C32H36N2O4/c1-6-14-34-15-13-31-27-23-10-11-24(35)29(27)38-30(31)28(21(4)18-32(31,37)25(34)17-23)33(5)26(36)12-9-22-8-7-19(2)20(3)16-22/h6-8,10-11,16,21,25,28,30,35,37H,1,13-15,17-18H2,2-5H3/t21-,25+,28+,30-,31-,32+/m0/s1. The Balaban J connectivity index is 1.41. The quantitative estimate of drug-likeness (QED) is 0.487. The summed E-state index contributed by atoms with van der Waals surface area (Å²) in [6, 6.07) is 9.23. The molecule has 2 bridgehead atoms. The largest absolute Gasteiger partial charge is 0.504 e. The van der Waals surface area contributed by atoms with Gasteiger partial charge in [-0.1, -0.05) is 31.1 Å². The van der Waals surface area contributed by atoms with Crippen molar-refractivity contribution in [1.29, 1.82) is 0 Å². The Morgan fingerprint density at radius 1 is 1.29 bits per heavy atom. The van der Waals surface area contributed by atoms with E-state index in [1.54, 1.807) is 18.0 Å². The lowest BCUT2D eigenvalue weighted by molar-refractivity contribution is -0.210. The smallest absolute Gasteiger partial charge is 0.298 e. The number of rotatable bonds is 3. The number of likely N-dealkylation sites (N-methyl/N-ethyl adjacent to an activating group) is 1. The molecule has 6 rings (SSSR count). The number of piperidine rings is 1. The van der Waals surface area contributed by atoms with Gasteiger partial charge in [-0.2, -0.15) is 0 Å². The highest BCUT2D eigenvalue weighted by atomic mass is 16.5. The fourth-order valence-electron chi connectivity index (χ4n) is 8.02. The number of hydrogen-bond donors (Lipinski definition) is 2. The first kappa shape index (κ1) is 25.0. The molecule has 1 saturated carbocycles. The highest BCUT2D eigenvalue weighted by Crippen LogP contribution is 2.66. The van der Waals surface area contributed by atoms with Crippen LogP contribution in [0.15, 0.2) is 43.0 Å². The molecule has 2 aromatic carbocycles. The van der Waals surface area contributed by atoms with Crippen LogP contribution < -0.4 is 4.74 Å². The summed E-state index contributed by atoms with van der Waals surface area (Å²) in [7, 11) is 1.79. The number of nitrogens with zero attached hydrogens (tertiary/aromatic N) is 2. The summed E-state index contributed by atoms with van der Waals surface area (Å²) in [4.78, 5) is 17.5. The molecule has 0 aromatic heterocycles. The Labute approximate surface area is 224 Å². The topological polar surface area (TPSA) is 73.2 Å². The Hall–Kier alpha value is -3.27. The molecule has 0 radical (unpaired) electrons. The normalized spacial score (nSPS) is 32.4. The van der Waals surface area contributed by atoms with Crippen LogP contribution in [0, 0.1) is 31.6 Å². The zero-order valence-electron chi connectivity index (χ0n) is 22.6. The van der Waals surface area contributed by atoms with E-state index in [1.165, 1.54) is 5.56 Å². The number of aryl methyl sites for hydroxylation is 2. The predicted molar refractivity (Wildman–Crippen MR) is 146 cm³/mol. The zero-order valence-corrected chi connectivity index (χ0v) is 22.6. The Bertz CT molecular complexity index is 1410. The first-order valence-electron chi connectivity index (χ1n) is 13.6. The van der Waals surface area contributed by atoms with Crippen molar-refractivity contribution >= 4 is 5.91 Å². The van der Waals surface area contributed by atoms with Crippen LogP contribution in [0.3, 0.4) is 0 Å². The molecule has 0 unspecified atom stereocenters. The molecule has 2 aliphatic carbocycles. The number of aromatic hydroxyl groups is 1. The third-order valence-corrected chi connectivity index (χ3v) is 9.85. The van der Waals surface area contributed by atoms with Crippen LogP contribution >= 0.6 is 0 Å². The summed E-state index contributed by atoms with van der Waals surface area (Å²) >= 11 is 0. The molecule has 2 aromatic rings. The summed E-state index contributed by atoms with van der Waals surface area (Å²) < 4.78 is 6.63.